The predicted octanol–water partition coefficient (Wildman–Crippen LogP) is 4.71. The molecule has 0 aliphatic carbocycles. The summed E-state index contributed by atoms with van der Waals surface area (Å²) < 4.78 is 52.4. The first-order valence-corrected chi connectivity index (χ1v) is 8.71. The van der Waals surface area contributed by atoms with Gasteiger partial charge in [-0.25, -0.2) is 19.3 Å². The maximum atomic E-state index is 13.2. The molecule has 0 bridgehead atoms. The van der Waals surface area contributed by atoms with Crippen molar-refractivity contribution in [3.63, 3.8) is 0 Å². The van der Waals surface area contributed by atoms with Crippen molar-refractivity contribution in [2.45, 2.75) is 19.1 Å². The molecule has 0 radical (unpaired) electrons. The number of anilines is 1. The van der Waals surface area contributed by atoms with E-state index in [-0.39, 0.29) is 18.1 Å². The highest BCUT2D eigenvalue weighted by Crippen LogP contribution is 2.32. The maximum Gasteiger partial charge on any atom is 0.416 e. The van der Waals surface area contributed by atoms with Gasteiger partial charge in [0.1, 0.15) is 11.5 Å². The Bertz CT molecular complexity index is 1140. The van der Waals surface area contributed by atoms with E-state index in [1.807, 2.05) is 18.3 Å². The number of alkyl halides is 3. The minimum Gasteiger partial charge on any atom is -0.350 e. The second-order valence-electron chi connectivity index (χ2n) is 6.46. The number of pyridine rings is 1. The summed E-state index contributed by atoms with van der Waals surface area (Å²) in [4.78, 5) is 15.7. The van der Waals surface area contributed by atoms with Gasteiger partial charge in [0.25, 0.3) is 0 Å². The van der Waals surface area contributed by atoms with Crippen LogP contribution in [0.15, 0.2) is 55.1 Å². The van der Waals surface area contributed by atoms with Crippen molar-refractivity contribution in [3.8, 4) is 0 Å². The predicted molar refractivity (Wildman–Crippen MR) is 99.7 cm³/mol. The zero-order valence-corrected chi connectivity index (χ0v) is 15.0. The molecule has 0 amide bonds. The highest BCUT2D eigenvalue weighted by molar-refractivity contribution is 5.79. The first kappa shape index (κ1) is 18.9. The fraction of sp³-hybridized carbons (Fsp3) is 0.150. The average molecular weight is 401 g/mol. The molecule has 0 spiro atoms. The summed E-state index contributed by atoms with van der Waals surface area (Å²) in [6, 6.07) is 6.40. The van der Waals surface area contributed by atoms with Gasteiger partial charge in [0, 0.05) is 43.1 Å². The van der Waals surface area contributed by atoms with Gasteiger partial charge in [-0.2, -0.15) is 13.2 Å². The number of fused-ring (bicyclic) bond motifs is 1. The van der Waals surface area contributed by atoms with Crippen LogP contribution in [0.4, 0.5) is 23.5 Å². The fourth-order valence-corrected chi connectivity index (χ4v) is 3.06. The number of aromatic nitrogens is 4. The fourth-order valence-electron chi connectivity index (χ4n) is 3.06. The summed E-state index contributed by atoms with van der Waals surface area (Å²) >= 11 is 0. The summed E-state index contributed by atoms with van der Waals surface area (Å²) in [7, 11) is 0. The molecule has 0 fully saturated rings. The summed E-state index contributed by atoms with van der Waals surface area (Å²) in [5, 5.41) is 3.75. The van der Waals surface area contributed by atoms with E-state index in [2.05, 4.69) is 25.3 Å². The Hall–Kier alpha value is -3.49. The summed E-state index contributed by atoms with van der Waals surface area (Å²) in [6.45, 7) is -0.178. The third kappa shape index (κ3) is 4.18. The molecular weight excluding hydrogens is 386 g/mol. The first-order chi connectivity index (χ1) is 13.9. The van der Waals surface area contributed by atoms with Crippen LogP contribution < -0.4 is 5.32 Å². The first-order valence-electron chi connectivity index (χ1n) is 8.71. The van der Waals surface area contributed by atoms with Crippen molar-refractivity contribution < 1.29 is 17.6 Å². The number of benzene rings is 1. The summed E-state index contributed by atoms with van der Waals surface area (Å²) in [5.41, 5.74) is 1.57. The monoisotopic (exact) mass is 401 g/mol. The van der Waals surface area contributed by atoms with Crippen molar-refractivity contribution in [1.29, 1.82) is 0 Å². The van der Waals surface area contributed by atoms with Crippen LogP contribution in [0.25, 0.3) is 11.0 Å². The molecule has 0 aliphatic heterocycles. The van der Waals surface area contributed by atoms with E-state index >= 15 is 0 Å². The quantitative estimate of drug-likeness (QED) is 0.475. The van der Waals surface area contributed by atoms with Gasteiger partial charge < -0.3 is 10.3 Å². The Morgan fingerprint density at radius 1 is 1.00 bits per heavy atom. The molecular formula is C20H15F4N5. The molecule has 4 rings (SSSR count). The average Bonchev–Trinajstić information content (AvgIpc) is 3.10. The highest BCUT2D eigenvalue weighted by atomic mass is 19.4. The molecule has 2 N–H and O–H groups in total. The van der Waals surface area contributed by atoms with E-state index in [1.165, 1.54) is 0 Å². The highest BCUT2D eigenvalue weighted by Gasteiger charge is 2.33. The molecule has 3 aromatic heterocycles. The van der Waals surface area contributed by atoms with Gasteiger partial charge in [-0.05, 0) is 41.0 Å². The normalized spacial score (nSPS) is 11.7. The Balaban J connectivity index is 1.45. The van der Waals surface area contributed by atoms with E-state index < -0.39 is 17.6 Å². The second kappa shape index (κ2) is 7.50. The minimum absolute atomic E-state index is 0.0853. The molecule has 0 saturated carbocycles. The van der Waals surface area contributed by atoms with Gasteiger partial charge >= 0.3 is 6.18 Å². The van der Waals surface area contributed by atoms with Crippen LogP contribution in [0, 0.1) is 5.82 Å². The van der Waals surface area contributed by atoms with Crippen molar-refractivity contribution in [2.75, 3.05) is 5.32 Å². The number of aromatic amines is 1. The number of hydrogen-bond acceptors (Lipinski definition) is 4. The lowest BCUT2D eigenvalue weighted by Crippen LogP contribution is -2.13. The van der Waals surface area contributed by atoms with Crippen molar-refractivity contribution in [2.24, 2.45) is 0 Å². The van der Waals surface area contributed by atoms with Crippen molar-refractivity contribution in [3.05, 3.63) is 83.2 Å². The molecule has 0 unspecified atom stereocenters. The largest absolute Gasteiger partial charge is 0.416 e. The molecule has 148 valence electrons. The smallest absolute Gasteiger partial charge is 0.350 e. The lowest BCUT2D eigenvalue weighted by Gasteiger charge is -2.13. The lowest BCUT2D eigenvalue weighted by molar-refractivity contribution is -0.138. The van der Waals surface area contributed by atoms with E-state index in [9.17, 15) is 17.6 Å². The second-order valence-corrected chi connectivity index (χ2v) is 6.46. The number of halogens is 4. The molecule has 1 aromatic carbocycles. The van der Waals surface area contributed by atoms with E-state index in [0.29, 0.717) is 12.5 Å². The zero-order chi connectivity index (χ0) is 20.4. The maximum absolute atomic E-state index is 13.2. The Morgan fingerprint density at radius 2 is 1.79 bits per heavy atom. The number of hydrogen-bond donors (Lipinski definition) is 2. The van der Waals surface area contributed by atoms with Gasteiger partial charge in [-0.3, -0.25) is 0 Å². The molecule has 4 aromatic rings. The van der Waals surface area contributed by atoms with Crippen LogP contribution in [-0.2, 0) is 19.1 Å². The van der Waals surface area contributed by atoms with Crippen molar-refractivity contribution >= 4 is 17.0 Å². The van der Waals surface area contributed by atoms with Gasteiger partial charge in [-0.15, -0.1) is 0 Å². The van der Waals surface area contributed by atoms with Gasteiger partial charge in [-0.1, -0.05) is 6.07 Å². The SMILES string of the molecule is Fc1ccc(CNc2ncc(Cc3c[nH]c4ncccc34)cn2)c(C(F)(F)F)c1. The molecule has 5 nitrogen and oxygen atoms in total. The molecule has 0 saturated heterocycles. The number of nitrogens with zero attached hydrogens (tertiary/aromatic N) is 3. The van der Waals surface area contributed by atoms with Crippen LogP contribution in [0.3, 0.4) is 0 Å². The van der Waals surface area contributed by atoms with E-state index in [4.69, 9.17) is 0 Å². The molecule has 9 heteroatoms. The minimum atomic E-state index is -4.64. The zero-order valence-electron chi connectivity index (χ0n) is 15.0. The number of rotatable bonds is 5. The third-order valence-electron chi connectivity index (χ3n) is 4.45. The summed E-state index contributed by atoms with van der Waals surface area (Å²) in [5.74, 6) is -0.749. The Kier molecular flexibility index (Phi) is 4.87. The van der Waals surface area contributed by atoms with Gasteiger partial charge in [0.2, 0.25) is 5.95 Å². The number of H-pyrrole nitrogens is 1. The number of nitrogens with one attached hydrogen (secondary N) is 2. The van der Waals surface area contributed by atoms with Gasteiger partial charge in [0.05, 0.1) is 5.56 Å². The van der Waals surface area contributed by atoms with Gasteiger partial charge in [0.15, 0.2) is 0 Å². The standard InChI is InChI=1S/C20H15F4N5/c21-15-4-3-13(17(7-15)20(22,23)24)10-29-19-27-8-12(9-28-19)6-14-11-26-18-16(14)2-1-5-25-18/h1-5,7-9,11H,6,10H2,(H,25,26)(H,27,28,29). The van der Waals surface area contributed by atoms with Crippen LogP contribution in [0.2, 0.25) is 0 Å². The molecule has 3 heterocycles. The van der Waals surface area contributed by atoms with E-state index in [1.54, 1.807) is 18.6 Å². The lowest BCUT2D eigenvalue weighted by atomic mass is 10.1. The van der Waals surface area contributed by atoms with Crippen molar-refractivity contribution in [1.82, 2.24) is 19.9 Å². The topological polar surface area (TPSA) is 66.5 Å². The Labute approximate surface area is 162 Å². The van der Waals surface area contributed by atoms with Crippen LogP contribution in [-0.4, -0.2) is 19.9 Å². The van der Waals surface area contributed by atoms with E-state index in [0.717, 1.165) is 34.3 Å². The summed E-state index contributed by atoms with van der Waals surface area (Å²) in [6.07, 6.45) is 2.74. The molecule has 29 heavy (non-hydrogen) atoms. The van der Waals surface area contributed by atoms with Crippen LogP contribution in [0.5, 0.6) is 0 Å². The molecule has 0 aliphatic rings. The Morgan fingerprint density at radius 3 is 2.55 bits per heavy atom. The van der Waals surface area contributed by atoms with Crippen LogP contribution >= 0.6 is 0 Å². The van der Waals surface area contributed by atoms with Crippen LogP contribution in [0.1, 0.15) is 22.3 Å². The molecule has 0 atom stereocenters. The third-order valence-corrected chi connectivity index (χ3v) is 4.45.